The van der Waals surface area contributed by atoms with E-state index in [0.29, 0.717) is 5.69 Å². The van der Waals surface area contributed by atoms with E-state index in [-0.39, 0.29) is 28.7 Å². The molecule has 0 unspecified atom stereocenters. The number of amides is 2. The molecule has 0 aromatic heterocycles. The third kappa shape index (κ3) is 4.30. The number of carbonyl (C=O) groups excluding carboxylic acids is 2. The van der Waals surface area contributed by atoms with Crippen LogP contribution in [0.25, 0.3) is 0 Å². The minimum atomic E-state index is -3.80. The molecule has 2 aromatic carbocycles. The molecule has 0 radical (unpaired) electrons. The van der Waals surface area contributed by atoms with Crippen LogP contribution in [-0.4, -0.2) is 31.2 Å². The first-order chi connectivity index (χ1) is 12.8. The lowest BCUT2D eigenvalue weighted by atomic mass is 10.2. The highest BCUT2D eigenvalue weighted by atomic mass is 32.2. The van der Waals surface area contributed by atoms with E-state index >= 15 is 0 Å². The van der Waals surface area contributed by atoms with Gasteiger partial charge >= 0.3 is 0 Å². The second kappa shape index (κ2) is 7.69. The fourth-order valence-electron chi connectivity index (χ4n) is 2.61. The van der Waals surface area contributed by atoms with E-state index in [9.17, 15) is 22.4 Å². The minimum Gasteiger partial charge on any atom is -0.324 e. The maximum absolute atomic E-state index is 13.6. The number of para-hydroxylation sites is 1. The summed E-state index contributed by atoms with van der Waals surface area (Å²) in [5, 5.41) is 4.01. The van der Waals surface area contributed by atoms with Gasteiger partial charge in [0, 0.05) is 11.3 Å². The molecule has 0 fully saturated rings. The molecule has 9 heteroatoms. The monoisotopic (exact) mass is 408 g/mol. The van der Waals surface area contributed by atoms with Gasteiger partial charge in [0.25, 0.3) is 0 Å². The molecule has 6 nitrogen and oxygen atoms in total. The van der Waals surface area contributed by atoms with Gasteiger partial charge in [-0.25, -0.2) is 12.8 Å². The highest BCUT2D eigenvalue weighted by Crippen LogP contribution is 2.34. The molecular formula is C18H17FN2O4S2. The molecule has 2 aromatic rings. The van der Waals surface area contributed by atoms with Crippen LogP contribution in [0.15, 0.2) is 52.3 Å². The Labute approximate surface area is 160 Å². The number of rotatable bonds is 5. The molecule has 1 atom stereocenters. The Morgan fingerprint density at radius 2 is 2.04 bits per heavy atom. The van der Waals surface area contributed by atoms with Crippen molar-refractivity contribution in [2.45, 2.75) is 28.4 Å². The third-order valence-corrected chi connectivity index (χ3v) is 7.27. The number of thioether (sulfide) groups is 1. The molecule has 0 spiro atoms. The summed E-state index contributed by atoms with van der Waals surface area (Å²) < 4.78 is 39.2. The number of anilines is 2. The molecule has 0 saturated carbocycles. The van der Waals surface area contributed by atoms with Crippen molar-refractivity contribution in [3.63, 3.8) is 0 Å². The van der Waals surface area contributed by atoms with Gasteiger partial charge in [-0.2, -0.15) is 0 Å². The summed E-state index contributed by atoms with van der Waals surface area (Å²) in [5.41, 5.74) is 0.445. The molecular weight excluding hydrogens is 391 g/mol. The van der Waals surface area contributed by atoms with Crippen LogP contribution in [-0.2, 0) is 19.4 Å². The highest BCUT2D eigenvalue weighted by Gasteiger charge is 2.27. The first kappa shape index (κ1) is 19.4. The van der Waals surface area contributed by atoms with E-state index in [2.05, 4.69) is 10.6 Å². The summed E-state index contributed by atoms with van der Waals surface area (Å²) in [6.07, 6.45) is -0.325. The fourth-order valence-corrected chi connectivity index (χ4v) is 4.77. The number of benzene rings is 2. The van der Waals surface area contributed by atoms with Gasteiger partial charge in [0.15, 0.2) is 9.84 Å². The second-order valence-corrected chi connectivity index (χ2v) is 9.47. The molecule has 3 rings (SSSR count). The van der Waals surface area contributed by atoms with Crippen LogP contribution in [0.2, 0.25) is 0 Å². The van der Waals surface area contributed by atoms with Crippen LogP contribution in [0, 0.1) is 5.82 Å². The maximum atomic E-state index is 13.6. The number of nitrogens with one attached hydrogen (secondary N) is 2. The molecule has 1 aliphatic heterocycles. The predicted octanol–water partition coefficient (Wildman–Crippen LogP) is 3.06. The number of hydrogen-bond acceptors (Lipinski definition) is 5. The quantitative estimate of drug-likeness (QED) is 0.793. The SMILES string of the molecule is C[C@@H](CC(=O)Nc1ccccc1F)S(=O)(=O)c1ccc2c(c1)NC(=O)CS2. The largest absolute Gasteiger partial charge is 0.324 e. The Morgan fingerprint density at radius 3 is 2.78 bits per heavy atom. The summed E-state index contributed by atoms with van der Waals surface area (Å²) in [6, 6.07) is 10.2. The standard InChI is InChI=1S/C18H17FN2O4S2/c1-11(8-17(22)20-14-5-3-2-4-13(14)19)27(24,25)12-6-7-16-15(9-12)21-18(23)10-26-16/h2-7,9,11H,8,10H2,1H3,(H,20,22)(H,21,23)/t11-/m0/s1. The lowest BCUT2D eigenvalue weighted by Gasteiger charge is -2.18. The molecule has 142 valence electrons. The van der Waals surface area contributed by atoms with Crippen molar-refractivity contribution in [3.8, 4) is 0 Å². The van der Waals surface area contributed by atoms with E-state index in [1.807, 2.05) is 0 Å². The number of hydrogen-bond donors (Lipinski definition) is 2. The average Bonchev–Trinajstić information content (AvgIpc) is 2.62. The van der Waals surface area contributed by atoms with Crippen LogP contribution in [0.5, 0.6) is 0 Å². The minimum absolute atomic E-state index is 0.000570. The Kier molecular flexibility index (Phi) is 5.52. The zero-order valence-corrected chi connectivity index (χ0v) is 16.0. The lowest BCUT2D eigenvalue weighted by Crippen LogP contribution is -2.26. The van der Waals surface area contributed by atoms with Crippen LogP contribution in [0.4, 0.5) is 15.8 Å². The van der Waals surface area contributed by atoms with Gasteiger partial charge in [0.1, 0.15) is 5.82 Å². The van der Waals surface area contributed by atoms with Gasteiger partial charge in [-0.05, 0) is 37.3 Å². The normalized spacial score (nSPS) is 14.8. The van der Waals surface area contributed by atoms with Crippen LogP contribution < -0.4 is 10.6 Å². The smallest absolute Gasteiger partial charge is 0.234 e. The van der Waals surface area contributed by atoms with Crippen LogP contribution in [0.3, 0.4) is 0 Å². The third-order valence-electron chi connectivity index (χ3n) is 4.06. The van der Waals surface area contributed by atoms with Gasteiger partial charge in [0.2, 0.25) is 11.8 Å². The van der Waals surface area contributed by atoms with E-state index in [1.165, 1.54) is 49.0 Å². The summed E-state index contributed by atoms with van der Waals surface area (Å²) in [7, 11) is -3.80. The average molecular weight is 408 g/mol. The Hall–Kier alpha value is -2.39. The fraction of sp³-hybridized carbons (Fsp3) is 0.222. The lowest BCUT2D eigenvalue weighted by molar-refractivity contribution is -0.116. The molecule has 1 aliphatic rings. The van der Waals surface area contributed by atoms with Gasteiger partial charge in [-0.3, -0.25) is 9.59 Å². The Bertz CT molecular complexity index is 1010. The van der Waals surface area contributed by atoms with E-state index < -0.39 is 26.8 Å². The van der Waals surface area contributed by atoms with Crippen molar-refractivity contribution >= 4 is 44.8 Å². The van der Waals surface area contributed by atoms with Crippen molar-refractivity contribution in [1.82, 2.24) is 0 Å². The Morgan fingerprint density at radius 1 is 1.30 bits per heavy atom. The van der Waals surface area contributed by atoms with Gasteiger partial charge in [0.05, 0.1) is 27.3 Å². The number of halogens is 1. The van der Waals surface area contributed by atoms with E-state index in [0.717, 1.165) is 4.90 Å². The van der Waals surface area contributed by atoms with Crippen molar-refractivity contribution in [2.24, 2.45) is 0 Å². The zero-order chi connectivity index (χ0) is 19.6. The van der Waals surface area contributed by atoms with Crippen molar-refractivity contribution in [2.75, 3.05) is 16.4 Å². The van der Waals surface area contributed by atoms with Crippen molar-refractivity contribution in [3.05, 3.63) is 48.3 Å². The first-order valence-corrected chi connectivity index (χ1v) is 10.7. The number of sulfone groups is 1. The molecule has 2 N–H and O–H groups in total. The number of carbonyl (C=O) groups is 2. The van der Waals surface area contributed by atoms with Crippen molar-refractivity contribution in [1.29, 1.82) is 0 Å². The first-order valence-electron chi connectivity index (χ1n) is 8.12. The Balaban J connectivity index is 1.74. The zero-order valence-electron chi connectivity index (χ0n) is 14.4. The summed E-state index contributed by atoms with van der Waals surface area (Å²) >= 11 is 1.33. The summed E-state index contributed by atoms with van der Waals surface area (Å²) in [6.45, 7) is 1.42. The molecule has 0 aliphatic carbocycles. The maximum Gasteiger partial charge on any atom is 0.234 e. The van der Waals surface area contributed by atoms with Crippen LogP contribution in [0.1, 0.15) is 13.3 Å². The molecule has 1 heterocycles. The van der Waals surface area contributed by atoms with E-state index in [1.54, 1.807) is 12.1 Å². The topological polar surface area (TPSA) is 92.3 Å². The van der Waals surface area contributed by atoms with Gasteiger partial charge in [-0.1, -0.05) is 12.1 Å². The van der Waals surface area contributed by atoms with Crippen molar-refractivity contribution < 1.29 is 22.4 Å². The molecule has 2 amide bonds. The molecule has 0 saturated heterocycles. The van der Waals surface area contributed by atoms with Gasteiger partial charge < -0.3 is 10.6 Å². The van der Waals surface area contributed by atoms with Crippen LogP contribution >= 0.6 is 11.8 Å². The highest BCUT2D eigenvalue weighted by molar-refractivity contribution is 8.00. The molecule has 27 heavy (non-hydrogen) atoms. The summed E-state index contributed by atoms with van der Waals surface area (Å²) in [5.74, 6) is -1.10. The second-order valence-electron chi connectivity index (χ2n) is 6.08. The summed E-state index contributed by atoms with van der Waals surface area (Å²) in [4.78, 5) is 24.4. The molecule has 0 bridgehead atoms. The van der Waals surface area contributed by atoms with E-state index in [4.69, 9.17) is 0 Å². The predicted molar refractivity (Wildman–Crippen MR) is 102 cm³/mol. The number of fused-ring (bicyclic) bond motifs is 1. The van der Waals surface area contributed by atoms with Gasteiger partial charge in [-0.15, -0.1) is 11.8 Å².